The maximum Gasteiger partial charge on any atom is 0.251 e. The van der Waals surface area contributed by atoms with Gasteiger partial charge >= 0.3 is 0 Å². The highest BCUT2D eigenvalue weighted by Gasteiger charge is 2.12. The number of nitrogens with one attached hydrogen (secondary N) is 1. The van der Waals surface area contributed by atoms with E-state index in [-0.39, 0.29) is 18.6 Å². The van der Waals surface area contributed by atoms with Crippen LogP contribution in [0.15, 0.2) is 18.2 Å². The van der Waals surface area contributed by atoms with Crippen LogP contribution in [0.25, 0.3) is 0 Å². The van der Waals surface area contributed by atoms with E-state index in [0.717, 1.165) is 12.8 Å². The summed E-state index contributed by atoms with van der Waals surface area (Å²) < 4.78 is 5.18. The van der Waals surface area contributed by atoms with Crippen molar-refractivity contribution < 1.29 is 14.6 Å². The number of aliphatic hydroxyl groups is 1. The SMILES string of the molecule is CCC(CC)NC(=O)c1ccc(OC)c(C#CCO)c1. The molecule has 0 aliphatic carbocycles. The summed E-state index contributed by atoms with van der Waals surface area (Å²) in [6.45, 7) is 3.86. The molecule has 0 bridgehead atoms. The summed E-state index contributed by atoms with van der Waals surface area (Å²) >= 11 is 0. The first-order chi connectivity index (χ1) is 9.65. The van der Waals surface area contributed by atoms with Crippen LogP contribution in [0, 0.1) is 11.8 Å². The van der Waals surface area contributed by atoms with Crippen molar-refractivity contribution in [1.29, 1.82) is 0 Å². The van der Waals surface area contributed by atoms with Gasteiger partial charge in [-0.15, -0.1) is 0 Å². The zero-order valence-electron chi connectivity index (χ0n) is 12.2. The Labute approximate surface area is 120 Å². The maximum absolute atomic E-state index is 12.1. The third-order valence-corrected chi connectivity index (χ3v) is 3.08. The van der Waals surface area contributed by atoms with Gasteiger partial charge in [0.2, 0.25) is 0 Å². The topological polar surface area (TPSA) is 58.6 Å². The van der Waals surface area contributed by atoms with Crippen LogP contribution in [-0.4, -0.2) is 30.8 Å². The van der Waals surface area contributed by atoms with Crippen molar-refractivity contribution in [3.8, 4) is 17.6 Å². The molecule has 4 nitrogen and oxygen atoms in total. The van der Waals surface area contributed by atoms with Crippen LogP contribution in [0.2, 0.25) is 0 Å². The number of ether oxygens (including phenoxy) is 1. The Balaban J connectivity index is 2.98. The molecule has 0 radical (unpaired) electrons. The molecule has 0 unspecified atom stereocenters. The van der Waals surface area contributed by atoms with E-state index >= 15 is 0 Å². The molecule has 0 saturated carbocycles. The summed E-state index contributed by atoms with van der Waals surface area (Å²) in [6.07, 6.45) is 1.80. The van der Waals surface area contributed by atoms with E-state index < -0.39 is 0 Å². The van der Waals surface area contributed by atoms with E-state index in [1.54, 1.807) is 25.3 Å². The first-order valence-corrected chi connectivity index (χ1v) is 6.74. The molecule has 0 spiro atoms. The molecule has 0 atom stereocenters. The minimum absolute atomic E-state index is 0.117. The summed E-state index contributed by atoms with van der Waals surface area (Å²) in [5.41, 5.74) is 1.14. The number of methoxy groups -OCH3 is 1. The molecule has 0 aliphatic heterocycles. The van der Waals surface area contributed by atoms with E-state index in [4.69, 9.17) is 9.84 Å². The predicted molar refractivity (Wildman–Crippen MR) is 78.8 cm³/mol. The van der Waals surface area contributed by atoms with Crippen LogP contribution < -0.4 is 10.1 Å². The molecule has 0 fully saturated rings. The van der Waals surface area contributed by atoms with Crippen LogP contribution >= 0.6 is 0 Å². The molecule has 20 heavy (non-hydrogen) atoms. The molecule has 1 aromatic carbocycles. The van der Waals surface area contributed by atoms with E-state index in [9.17, 15) is 4.79 Å². The van der Waals surface area contributed by atoms with Gasteiger partial charge in [0, 0.05) is 11.6 Å². The molecule has 2 N–H and O–H groups in total. The van der Waals surface area contributed by atoms with Gasteiger partial charge in [0.25, 0.3) is 5.91 Å². The second kappa shape index (κ2) is 8.23. The quantitative estimate of drug-likeness (QED) is 0.808. The lowest BCUT2D eigenvalue weighted by molar-refractivity contribution is 0.0935. The fourth-order valence-electron chi connectivity index (χ4n) is 1.84. The highest BCUT2D eigenvalue weighted by molar-refractivity contribution is 5.95. The van der Waals surface area contributed by atoms with Crippen LogP contribution in [0.1, 0.15) is 42.6 Å². The average Bonchev–Trinajstić information content (AvgIpc) is 2.49. The Bertz CT molecular complexity index is 510. The summed E-state index contributed by atoms with van der Waals surface area (Å²) in [4.78, 5) is 12.1. The van der Waals surface area contributed by atoms with Gasteiger partial charge in [0.05, 0.1) is 12.7 Å². The van der Waals surface area contributed by atoms with E-state index in [1.165, 1.54) is 0 Å². The zero-order valence-corrected chi connectivity index (χ0v) is 12.2. The predicted octanol–water partition coefficient (Wildman–Crippen LogP) is 1.96. The fourth-order valence-corrected chi connectivity index (χ4v) is 1.84. The van der Waals surface area contributed by atoms with Gasteiger partial charge in [-0.2, -0.15) is 0 Å². The van der Waals surface area contributed by atoms with Crippen molar-refractivity contribution in [2.45, 2.75) is 32.7 Å². The minimum atomic E-state index is -0.229. The number of carbonyl (C=O) groups is 1. The van der Waals surface area contributed by atoms with Crippen molar-refractivity contribution in [3.63, 3.8) is 0 Å². The lowest BCUT2D eigenvalue weighted by Crippen LogP contribution is -2.33. The third kappa shape index (κ3) is 4.29. The first-order valence-electron chi connectivity index (χ1n) is 6.74. The molecule has 0 heterocycles. The van der Waals surface area contributed by atoms with Crippen molar-refractivity contribution in [1.82, 2.24) is 5.32 Å². The Kier molecular flexibility index (Phi) is 6.61. The molecule has 0 aromatic heterocycles. The van der Waals surface area contributed by atoms with Gasteiger partial charge in [0.1, 0.15) is 12.4 Å². The van der Waals surface area contributed by atoms with E-state index in [2.05, 4.69) is 17.2 Å². The summed E-state index contributed by atoms with van der Waals surface area (Å²) in [7, 11) is 1.55. The smallest absolute Gasteiger partial charge is 0.251 e. The van der Waals surface area contributed by atoms with Gasteiger partial charge in [-0.25, -0.2) is 0 Å². The highest BCUT2D eigenvalue weighted by atomic mass is 16.5. The lowest BCUT2D eigenvalue weighted by Gasteiger charge is -2.15. The van der Waals surface area contributed by atoms with Crippen molar-refractivity contribution in [2.75, 3.05) is 13.7 Å². The molecule has 0 aliphatic rings. The Morgan fingerprint density at radius 2 is 2.10 bits per heavy atom. The zero-order chi connectivity index (χ0) is 15.0. The number of carbonyl (C=O) groups excluding carboxylic acids is 1. The minimum Gasteiger partial charge on any atom is -0.495 e. The number of aliphatic hydroxyl groups excluding tert-OH is 1. The van der Waals surface area contributed by atoms with Gasteiger partial charge in [0.15, 0.2) is 0 Å². The van der Waals surface area contributed by atoms with Crippen molar-refractivity contribution in [2.24, 2.45) is 0 Å². The number of hydrogen-bond donors (Lipinski definition) is 2. The molecular weight excluding hydrogens is 254 g/mol. The van der Waals surface area contributed by atoms with Crippen LogP contribution in [-0.2, 0) is 0 Å². The standard InChI is InChI=1S/C16H21NO3/c1-4-14(5-2)17-16(19)13-8-9-15(20-3)12(11-13)7-6-10-18/h8-9,11,14,18H,4-5,10H2,1-3H3,(H,17,19). The number of amides is 1. The van der Waals surface area contributed by atoms with Crippen molar-refractivity contribution in [3.05, 3.63) is 29.3 Å². The first kappa shape index (κ1) is 16.1. The highest BCUT2D eigenvalue weighted by Crippen LogP contribution is 2.19. The normalized spacial score (nSPS) is 9.85. The Morgan fingerprint density at radius 3 is 2.65 bits per heavy atom. The van der Waals surface area contributed by atoms with Crippen LogP contribution in [0.4, 0.5) is 0 Å². The third-order valence-electron chi connectivity index (χ3n) is 3.08. The van der Waals surface area contributed by atoms with Gasteiger partial charge in [-0.3, -0.25) is 4.79 Å². The summed E-state index contributed by atoms with van der Waals surface area (Å²) in [5, 5.41) is 11.7. The summed E-state index contributed by atoms with van der Waals surface area (Å²) in [6, 6.07) is 5.28. The Hall–Kier alpha value is -1.99. The molecule has 1 aromatic rings. The molecule has 108 valence electrons. The van der Waals surface area contributed by atoms with Gasteiger partial charge < -0.3 is 15.2 Å². The number of hydrogen-bond acceptors (Lipinski definition) is 3. The molecule has 4 heteroatoms. The van der Waals surface area contributed by atoms with Crippen LogP contribution in [0.3, 0.4) is 0 Å². The molecule has 1 amide bonds. The largest absolute Gasteiger partial charge is 0.495 e. The second-order valence-electron chi connectivity index (χ2n) is 4.36. The van der Waals surface area contributed by atoms with Crippen LogP contribution in [0.5, 0.6) is 5.75 Å². The van der Waals surface area contributed by atoms with E-state index in [0.29, 0.717) is 16.9 Å². The molecular formula is C16H21NO3. The number of benzene rings is 1. The second-order valence-corrected chi connectivity index (χ2v) is 4.36. The maximum atomic E-state index is 12.1. The average molecular weight is 275 g/mol. The lowest BCUT2D eigenvalue weighted by atomic mass is 10.1. The molecule has 1 rings (SSSR count). The van der Waals surface area contributed by atoms with E-state index in [1.807, 2.05) is 13.8 Å². The number of rotatable bonds is 5. The summed E-state index contributed by atoms with van der Waals surface area (Å²) in [5.74, 6) is 5.82. The fraction of sp³-hybridized carbons (Fsp3) is 0.438. The Morgan fingerprint density at radius 1 is 1.40 bits per heavy atom. The molecule has 0 saturated heterocycles. The van der Waals surface area contributed by atoms with Crippen molar-refractivity contribution >= 4 is 5.91 Å². The van der Waals surface area contributed by atoms with Gasteiger partial charge in [-0.1, -0.05) is 25.7 Å². The van der Waals surface area contributed by atoms with Gasteiger partial charge in [-0.05, 0) is 31.0 Å². The monoisotopic (exact) mass is 275 g/mol.